The van der Waals surface area contributed by atoms with Crippen LogP contribution in [0.4, 0.5) is 4.79 Å². The Morgan fingerprint density at radius 3 is 2.38 bits per heavy atom. The molecule has 1 aliphatic heterocycles. The van der Waals surface area contributed by atoms with Gasteiger partial charge in [0.2, 0.25) is 0 Å². The van der Waals surface area contributed by atoms with Crippen LogP contribution in [-0.2, 0) is 4.79 Å². The lowest BCUT2D eigenvalue weighted by atomic mass is 10.1. The lowest BCUT2D eigenvalue weighted by Crippen LogP contribution is -2.52. The highest BCUT2D eigenvalue weighted by atomic mass is 16.4. The minimum Gasteiger partial charge on any atom is -0.481 e. The Balaban J connectivity index is 2.10. The molecule has 1 aliphatic rings. The van der Waals surface area contributed by atoms with E-state index >= 15 is 0 Å². The number of nitrogens with zero attached hydrogens (tertiary/aromatic N) is 2. The zero-order valence-electron chi connectivity index (χ0n) is 13.3. The summed E-state index contributed by atoms with van der Waals surface area (Å²) >= 11 is 0. The molecule has 6 heteroatoms. The summed E-state index contributed by atoms with van der Waals surface area (Å²) in [5.41, 5.74) is 0. The maximum atomic E-state index is 12.0. The standard InChI is InChI=1S/C15H29N3O3/c1-13(2)5-3-4-7-16-15(21)18-11-9-17(10-12-18)8-6-14(19)20/h13H,3-12H2,1-2H3,(H,16,21)(H,19,20). The highest BCUT2D eigenvalue weighted by Crippen LogP contribution is 2.06. The van der Waals surface area contributed by atoms with Gasteiger partial charge in [-0.2, -0.15) is 0 Å². The average Bonchev–Trinajstić information content (AvgIpc) is 2.44. The van der Waals surface area contributed by atoms with Crippen molar-refractivity contribution in [3.05, 3.63) is 0 Å². The molecule has 1 saturated heterocycles. The van der Waals surface area contributed by atoms with E-state index in [0.717, 1.165) is 38.4 Å². The van der Waals surface area contributed by atoms with Crippen molar-refractivity contribution in [3.63, 3.8) is 0 Å². The first-order valence-electron chi connectivity index (χ1n) is 7.96. The summed E-state index contributed by atoms with van der Waals surface area (Å²) in [7, 11) is 0. The minimum absolute atomic E-state index is 0.0115. The van der Waals surface area contributed by atoms with Crippen molar-refractivity contribution in [3.8, 4) is 0 Å². The maximum absolute atomic E-state index is 12.0. The van der Waals surface area contributed by atoms with E-state index in [9.17, 15) is 9.59 Å². The van der Waals surface area contributed by atoms with E-state index in [1.54, 1.807) is 0 Å². The minimum atomic E-state index is -0.767. The van der Waals surface area contributed by atoms with Gasteiger partial charge in [-0.05, 0) is 12.3 Å². The van der Waals surface area contributed by atoms with Crippen molar-refractivity contribution in [2.45, 2.75) is 39.5 Å². The van der Waals surface area contributed by atoms with E-state index in [1.807, 2.05) is 4.90 Å². The smallest absolute Gasteiger partial charge is 0.317 e. The number of unbranched alkanes of at least 4 members (excludes halogenated alkanes) is 1. The van der Waals surface area contributed by atoms with Crippen LogP contribution in [0.3, 0.4) is 0 Å². The molecule has 0 spiro atoms. The second-order valence-corrected chi connectivity index (χ2v) is 6.09. The van der Waals surface area contributed by atoms with Crippen LogP contribution in [-0.4, -0.2) is 66.2 Å². The highest BCUT2D eigenvalue weighted by molar-refractivity contribution is 5.74. The predicted octanol–water partition coefficient (Wildman–Crippen LogP) is 1.61. The molecule has 1 heterocycles. The Morgan fingerprint density at radius 1 is 1.14 bits per heavy atom. The number of carboxylic acid groups (broad SMARTS) is 1. The Hall–Kier alpha value is -1.30. The van der Waals surface area contributed by atoms with Crippen molar-refractivity contribution >= 4 is 12.0 Å². The number of urea groups is 1. The van der Waals surface area contributed by atoms with Crippen molar-refractivity contribution < 1.29 is 14.7 Å². The molecule has 0 aliphatic carbocycles. The number of carbonyl (C=O) groups excluding carboxylic acids is 1. The van der Waals surface area contributed by atoms with Crippen molar-refractivity contribution in [2.75, 3.05) is 39.3 Å². The van der Waals surface area contributed by atoms with E-state index < -0.39 is 5.97 Å². The Kier molecular flexibility index (Phi) is 8.12. The molecule has 2 N–H and O–H groups in total. The Bertz CT molecular complexity index is 326. The molecule has 0 aromatic carbocycles. The van der Waals surface area contributed by atoms with Crippen molar-refractivity contribution in [1.29, 1.82) is 0 Å². The third-order valence-corrected chi connectivity index (χ3v) is 3.79. The molecule has 0 aromatic heterocycles. The largest absolute Gasteiger partial charge is 0.481 e. The van der Waals surface area contributed by atoms with E-state index in [4.69, 9.17) is 5.11 Å². The fourth-order valence-corrected chi connectivity index (χ4v) is 2.41. The molecule has 0 bridgehead atoms. The van der Waals surface area contributed by atoms with Gasteiger partial charge in [0.25, 0.3) is 0 Å². The lowest BCUT2D eigenvalue weighted by Gasteiger charge is -2.34. The van der Waals surface area contributed by atoms with Crippen LogP contribution in [0, 0.1) is 5.92 Å². The fourth-order valence-electron chi connectivity index (χ4n) is 2.41. The van der Waals surface area contributed by atoms with Gasteiger partial charge in [0, 0.05) is 39.3 Å². The SMILES string of the molecule is CC(C)CCCCNC(=O)N1CCN(CCC(=O)O)CC1. The third kappa shape index (κ3) is 7.90. The van der Waals surface area contributed by atoms with Crippen LogP contribution in [0.1, 0.15) is 39.5 Å². The molecule has 1 rings (SSSR count). The number of carboxylic acids is 1. The molecular formula is C15H29N3O3. The molecule has 21 heavy (non-hydrogen) atoms. The highest BCUT2D eigenvalue weighted by Gasteiger charge is 2.20. The quantitative estimate of drug-likeness (QED) is 0.668. The first kappa shape index (κ1) is 17.8. The van der Waals surface area contributed by atoms with E-state index in [-0.39, 0.29) is 12.5 Å². The van der Waals surface area contributed by atoms with Crippen LogP contribution in [0.25, 0.3) is 0 Å². The summed E-state index contributed by atoms with van der Waals surface area (Å²) in [5.74, 6) is -0.0452. The molecular weight excluding hydrogens is 270 g/mol. The first-order chi connectivity index (χ1) is 9.99. The van der Waals surface area contributed by atoms with Crippen LogP contribution >= 0.6 is 0 Å². The number of carbonyl (C=O) groups is 2. The second-order valence-electron chi connectivity index (χ2n) is 6.09. The summed E-state index contributed by atoms with van der Waals surface area (Å²) in [6.07, 6.45) is 3.56. The molecule has 0 saturated carbocycles. The van der Waals surface area contributed by atoms with Crippen LogP contribution in [0.15, 0.2) is 0 Å². The zero-order valence-corrected chi connectivity index (χ0v) is 13.3. The summed E-state index contributed by atoms with van der Waals surface area (Å²) in [6.45, 7) is 8.60. The predicted molar refractivity (Wildman–Crippen MR) is 82.4 cm³/mol. The molecule has 0 aromatic rings. The average molecular weight is 299 g/mol. The molecule has 0 atom stereocenters. The van der Waals surface area contributed by atoms with Gasteiger partial charge in [0.15, 0.2) is 0 Å². The zero-order chi connectivity index (χ0) is 15.7. The second kappa shape index (κ2) is 9.60. The van der Waals surface area contributed by atoms with Crippen LogP contribution in [0.5, 0.6) is 0 Å². The number of piperazine rings is 1. The lowest BCUT2D eigenvalue weighted by molar-refractivity contribution is -0.137. The number of rotatable bonds is 8. The number of amides is 2. The van der Waals surface area contributed by atoms with Gasteiger partial charge < -0.3 is 15.3 Å². The van der Waals surface area contributed by atoms with Crippen molar-refractivity contribution in [1.82, 2.24) is 15.1 Å². The molecule has 1 fully saturated rings. The number of hydrogen-bond donors (Lipinski definition) is 2. The molecule has 0 unspecified atom stereocenters. The summed E-state index contributed by atoms with van der Waals surface area (Å²) in [4.78, 5) is 26.4. The van der Waals surface area contributed by atoms with E-state index in [0.29, 0.717) is 19.6 Å². The van der Waals surface area contributed by atoms with Crippen LogP contribution < -0.4 is 5.32 Å². The van der Waals surface area contributed by atoms with Gasteiger partial charge in [-0.1, -0.05) is 26.7 Å². The summed E-state index contributed by atoms with van der Waals surface area (Å²) in [5, 5.41) is 11.6. The molecule has 6 nitrogen and oxygen atoms in total. The maximum Gasteiger partial charge on any atom is 0.317 e. The molecule has 0 radical (unpaired) electrons. The normalized spacial score (nSPS) is 16.2. The van der Waals surface area contributed by atoms with E-state index in [2.05, 4.69) is 24.1 Å². The monoisotopic (exact) mass is 299 g/mol. The fraction of sp³-hybridized carbons (Fsp3) is 0.867. The van der Waals surface area contributed by atoms with Gasteiger partial charge in [-0.15, -0.1) is 0 Å². The number of aliphatic carboxylic acids is 1. The number of nitrogens with one attached hydrogen (secondary N) is 1. The van der Waals surface area contributed by atoms with E-state index in [1.165, 1.54) is 6.42 Å². The Labute approximate surface area is 127 Å². The number of hydrogen-bond acceptors (Lipinski definition) is 3. The Morgan fingerprint density at radius 2 is 1.81 bits per heavy atom. The molecule has 122 valence electrons. The van der Waals surface area contributed by atoms with Crippen molar-refractivity contribution in [2.24, 2.45) is 5.92 Å². The summed E-state index contributed by atoms with van der Waals surface area (Å²) < 4.78 is 0. The van der Waals surface area contributed by atoms with Gasteiger partial charge >= 0.3 is 12.0 Å². The summed E-state index contributed by atoms with van der Waals surface area (Å²) in [6, 6.07) is 0.0115. The first-order valence-corrected chi connectivity index (χ1v) is 7.96. The van der Waals surface area contributed by atoms with Crippen LogP contribution in [0.2, 0.25) is 0 Å². The topological polar surface area (TPSA) is 72.9 Å². The van der Waals surface area contributed by atoms with Gasteiger partial charge in [-0.25, -0.2) is 4.79 Å². The third-order valence-electron chi connectivity index (χ3n) is 3.79. The molecule has 2 amide bonds. The van der Waals surface area contributed by atoms with Gasteiger partial charge in [-0.3, -0.25) is 9.69 Å². The van der Waals surface area contributed by atoms with Gasteiger partial charge in [0.1, 0.15) is 0 Å². The van der Waals surface area contributed by atoms with Gasteiger partial charge in [0.05, 0.1) is 6.42 Å².